The summed E-state index contributed by atoms with van der Waals surface area (Å²) in [5.41, 5.74) is 3.82. The van der Waals surface area contributed by atoms with Gasteiger partial charge in [-0.05, 0) is 55.0 Å². The quantitative estimate of drug-likeness (QED) is 0.288. The van der Waals surface area contributed by atoms with Gasteiger partial charge >= 0.3 is 5.97 Å². The number of hydrogen-bond donors (Lipinski definition) is 2. The summed E-state index contributed by atoms with van der Waals surface area (Å²) in [6.45, 7) is 2.39. The van der Waals surface area contributed by atoms with Gasteiger partial charge in [-0.15, -0.1) is 0 Å². The molecular formula is C27H34ClN3O3. The number of aliphatic carboxylic acids is 1. The van der Waals surface area contributed by atoms with Crippen molar-refractivity contribution >= 4 is 40.1 Å². The van der Waals surface area contributed by atoms with Gasteiger partial charge in [0.2, 0.25) is 0 Å². The molecule has 1 aromatic heterocycles. The maximum absolute atomic E-state index is 12.6. The molecule has 2 aromatic carbocycles. The second-order valence-electron chi connectivity index (χ2n) is 8.83. The number of aromatic nitrogens is 1. The zero-order valence-corrected chi connectivity index (χ0v) is 20.9. The molecule has 1 heterocycles. The Morgan fingerprint density at radius 2 is 1.82 bits per heavy atom. The number of carboxylic acids is 1. The van der Waals surface area contributed by atoms with Crippen molar-refractivity contribution in [1.82, 2.24) is 9.47 Å². The maximum Gasteiger partial charge on any atom is 0.305 e. The average molecular weight is 484 g/mol. The van der Waals surface area contributed by atoms with Crippen LogP contribution in [0.4, 0.5) is 5.69 Å². The number of unbranched alkanes of at least 4 members (excludes halogenated alkanes) is 3. The summed E-state index contributed by atoms with van der Waals surface area (Å²) >= 11 is 6.22. The van der Waals surface area contributed by atoms with E-state index in [0.717, 1.165) is 34.5 Å². The van der Waals surface area contributed by atoms with E-state index in [1.54, 1.807) is 19.2 Å². The van der Waals surface area contributed by atoms with Crippen molar-refractivity contribution in [2.24, 2.45) is 7.05 Å². The Hall–Kier alpha value is -2.99. The lowest BCUT2D eigenvalue weighted by Gasteiger charge is -2.22. The van der Waals surface area contributed by atoms with Gasteiger partial charge in [-0.25, -0.2) is 0 Å². The molecular weight excluding hydrogens is 450 g/mol. The third-order valence-corrected chi connectivity index (χ3v) is 6.46. The molecule has 7 heteroatoms. The van der Waals surface area contributed by atoms with Gasteiger partial charge in [0.25, 0.3) is 5.91 Å². The molecule has 182 valence electrons. The van der Waals surface area contributed by atoms with Crippen LogP contribution in [-0.2, 0) is 11.8 Å². The fourth-order valence-electron chi connectivity index (χ4n) is 4.24. The molecule has 0 saturated heterocycles. The van der Waals surface area contributed by atoms with Crippen LogP contribution in [0.2, 0.25) is 5.02 Å². The van der Waals surface area contributed by atoms with Crippen molar-refractivity contribution in [1.29, 1.82) is 0 Å². The zero-order chi connectivity index (χ0) is 24.7. The van der Waals surface area contributed by atoms with E-state index < -0.39 is 5.97 Å². The molecule has 0 bridgehead atoms. The molecule has 34 heavy (non-hydrogen) atoms. The smallest absolute Gasteiger partial charge is 0.305 e. The molecule has 3 aromatic rings. The van der Waals surface area contributed by atoms with Crippen LogP contribution < -0.4 is 5.32 Å². The van der Waals surface area contributed by atoms with Crippen LogP contribution in [0.5, 0.6) is 0 Å². The number of fused-ring (bicyclic) bond motifs is 1. The highest BCUT2D eigenvalue weighted by Gasteiger charge is 2.18. The SMILES string of the molecule is CCCCCCC(Nc1ccc(C(=O)N(C)CCC(=O)O)cc1)c1cc2cc(Cl)ccc2n1C. The van der Waals surface area contributed by atoms with Gasteiger partial charge in [-0.1, -0.05) is 44.2 Å². The molecule has 0 aliphatic rings. The summed E-state index contributed by atoms with van der Waals surface area (Å²) in [5, 5.41) is 14.4. The van der Waals surface area contributed by atoms with Crippen molar-refractivity contribution < 1.29 is 14.7 Å². The third-order valence-electron chi connectivity index (χ3n) is 6.23. The van der Waals surface area contributed by atoms with Crippen LogP contribution in [-0.4, -0.2) is 40.0 Å². The number of amides is 1. The first-order chi connectivity index (χ1) is 16.3. The van der Waals surface area contributed by atoms with E-state index in [0.29, 0.717) is 5.56 Å². The molecule has 0 spiro atoms. The van der Waals surface area contributed by atoms with Crippen molar-refractivity contribution in [2.75, 3.05) is 18.9 Å². The normalized spacial score (nSPS) is 12.0. The Morgan fingerprint density at radius 3 is 2.50 bits per heavy atom. The van der Waals surface area contributed by atoms with Crippen LogP contribution in [0.25, 0.3) is 10.9 Å². The third kappa shape index (κ3) is 6.54. The van der Waals surface area contributed by atoms with Gasteiger partial charge in [0.15, 0.2) is 0 Å². The number of aryl methyl sites for hydroxylation is 1. The molecule has 6 nitrogen and oxygen atoms in total. The molecule has 1 unspecified atom stereocenters. The highest BCUT2D eigenvalue weighted by Crippen LogP contribution is 2.31. The molecule has 2 N–H and O–H groups in total. The number of benzene rings is 2. The van der Waals surface area contributed by atoms with Crippen LogP contribution in [0.3, 0.4) is 0 Å². The van der Waals surface area contributed by atoms with E-state index in [4.69, 9.17) is 16.7 Å². The van der Waals surface area contributed by atoms with Crippen molar-refractivity contribution in [3.8, 4) is 0 Å². The largest absolute Gasteiger partial charge is 0.481 e. The summed E-state index contributed by atoms with van der Waals surface area (Å²) in [4.78, 5) is 24.8. The van der Waals surface area contributed by atoms with E-state index >= 15 is 0 Å². The topological polar surface area (TPSA) is 74.6 Å². The lowest BCUT2D eigenvalue weighted by atomic mass is 10.0. The Morgan fingerprint density at radius 1 is 1.09 bits per heavy atom. The number of carboxylic acid groups (broad SMARTS) is 1. The minimum atomic E-state index is -0.917. The van der Waals surface area contributed by atoms with E-state index in [1.807, 2.05) is 24.3 Å². The van der Waals surface area contributed by atoms with E-state index in [2.05, 4.69) is 36.0 Å². The second kappa shape index (κ2) is 11.9. The Bertz CT molecular complexity index is 1120. The maximum atomic E-state index is 12.6. The van der Waals surface area contributed by atoms with Crippen LogP contribution in [0.1, 0.15) is 67.5 Å². The molecule has 0 radical (unpaired) electrons. The van der Waals surface area contributed by atoms with E-state index in [1.165, 1.54) is 29.9 Å². The number of anilines is 1. The van der Waals surface area contributed by atoms with Gasteiger partial charge in [0, 0.05) is 53.5 Å². The number of nitrogens with zero attached hydrogens (tertiary/aromatic N) is 2. The van der Waals surface area contributed by atoms with Gasteiger partial charge in [-0.3, -0.25) is 9.59 Å². The first-order valence-corrected chi connectivity index (χ1v) is 12.3. The lowest BCUT2D eigenvalue weighted by Crippen LogP contribution is -2.29. The van der Waals surface area contributed by atoms with Crippen LogP contribution >= 0.6 is 11.6 Å². The summed E-state index contributed by atoms with van der Waals surface area (Å²) in [6.07, 6.45) is 5.66. The van der Waals surface area contributed by atoms with Crippen molar-refractivity contribution in [3.05, 3.63) is 64.8 Å². The Labute approximate surface area is 206 Å². The zero-order valence-electron chi connectivity index (χ0n) is 20.2. The van der Waals surface area contributed by atoms with Gasteiger partial charge in [0.1, 0.15) is 0 Å². The molecule has 1 atom stereocenters. The monoisotopic (exact) mass is 483 g/mol. The fourth-order valence-corrected chi connectivity index (χ4v) is 4.42. The number of carbonyl (C=O) groups excluding carboxylic acids is 1. The fraction of sp³-hybridized carbons (Fsp3) is 0.407. The molecule has 0 aliphatic carbocycles. The van der Waals surface area contributed by atoms with Crippen LogP contribution in [0, 0.1) is 0 Å². The van der Waals surface area contributed by atoms with Crippen molar-refractivity contribution in [3.63, 3.8) is 0 Å². The summed E-state index contributed by atoms with van der Waals surface area (Å²) in [7, 11) is 3.71. The highest BCUT2D eigenvalue weighted by molar-refractivity contribution is 6.31. The van der Waals surface area contributed by atoms with Gasteiger partial charge < -0.3 is 19.9 Å². The standard InChI is InChI=1S/C27H34ClN3O3/c1-4-5-6-7-8-23(25-18-20-17-21(28)11-14-24(20)31(25)3)29-22-12-9-19(10-13-22)27(34)30(2)16-15-26(32)33/h9-14,17-18,23,29H,4-8,15-16H2,1-3H3,(H,32,33). The predicted octanol–water partition coefficient (Wildman–Crippen LogP) is 6.50. The predicted molar refractivity (Wildman–Crippen MR) is 139 cm³/mol. The lowest BCUT2D eigenvalue weighted by molar-refractivity contribution is -0.137. The highest BCUT2D eigenvalue weighted by atomic mass is 35.5. The number of halogens is 1. The number of carbonyl (C=O) groups is 2. The van der Waals surface area contributed by atoms with Gasteiger partial charge in [0.05, 0.1) is 12.5 Å². The molecule has 0 saturated carbocycles. The van der Waals surface area contributed by atoms with Crippen LogP contribution in [0.15, 0.2) is 48.5 Å². The molecule has 1 amide bonds. The molecule has 0 fully saturated rings. The Balaban J connectivity index is 1.78. The summed E-state index contributed by atoms with van der Waals surface area (Å²) < 4.78 is 2.22. The number of hydrogen-bond acceptors (Lipinski definition) is 3. The second-order valence-corrected chi connectivity index (χ2v) is 9.26. The van der Waals surface area contributed by atoms with E-state index in [9.17, 15) is 9.59 Å². The summed E-state index contributed by atoms with van der Waals surface area (Å²) in [6, 6.07) is 15.7. The van der Waals surface area contributed by atoms with Crippen molar-refractivity contribution in [2.45, 2.75) is 51.5 Å². The first kappa shape index (κ1) is 25.6. The molecule has 3 rings (SSSR count). The number of rotatable bonds is 12. The number of nitrogens with one attached hydrogen (secondary N) is 1. The summed E-state index contributed by atoms with van der Waals surface area (Å²) in [5.74, 6) is -1.10. The first-order valence-electron chi connectivity index (χ1n) is 11.9. The Kier molecular flexibility index (Phi) is 8.99. The molecule has 0 aliphatic heterocycles. The minimum Gasteiger partial charge on any atom is -0.481 e. The van der Waals surface area contributed by atoms with E-state index in [-0.39, 0.29) is 24.9 Å². The van der Waals surface area contributed by atoms with Gasteiger partial charge in [-0.2, -0.15) is 0 Å². The average Bonchev–Trinajstić information content (AvgIpc) is 3.14. The minimum absolute atomic E-state index is 0.0716.